The largest absolute Gasteiger partial charge is 0.435 e. The van der Waals surface area contributed by atoms with E-state index < -0.39 is 5.82 Å². The van der Waals surface area contributed by atoms with Crippen molar-refractivity contribution in [2.75, 3.05) is 7.11 Å². The van der Waals surface area contributed by atoms with Gasteiger partial charge in [-0.1, -0.05) is 0 Å². The Labute approximate surface area is 179 Å². The molecular weight excluding hydrogens is 425 g/mol. The number of rotatable bonds is 6. The van der Waals surface area contributed by atoms with Gasteiger partial charge in [-0.15, -0.1) is 22.0 Å². The molecule has 1 aliphatic rings. The van der Waals surface area contributed by atoms with Gasteiger partial charge in [0.05, 0.1) is 29.1 Å². The maximum atomic E-state index is 14.3. The van der Waals surface area contributed by atoms with Crippen molar-refractivity contribution in [1.29, 1.82) is 0 Å². The highest BCUT2D eigenvalue weighted by atomic mass is 32.2. The highest BCUT2D eigenvalue weighted by Crippen LogP contribution is 2.37. The molecule has 1 aliphatic heterocycles. The Balaban J connectivity index is 0.00000112. The standard InChI is InChI=1S/C17H14FN9OS.CH4O/c18-11-5-9(12-3-4-22-23-12)6-21-17(11)28-10-1-2-13(20-7-10)16-24-26-27(25-16)8-14-15(19)29-14;1-2/h1-7,14-15H,8,19H2,(H,22,23);2H,1H3. The number of aromatic amines is 1. The lowest BCUT2D eigenvalue weighted by atomic mass is 10.2. The number of ether oxygens (including phenoxy) is 1. The van der Waals surface area contributed by atoms with Crippen LogP contribution in [-0.2, 0) is 6.54 Å². The molecule has 11 nitrogen and oxygen atoms in total. The number of pyridine rings is 2. The number of halogens is 1. The van der Waals surface area contributed by atoms with Crippen LogP contribution in [0.4, 0.5) is 4.39 Å². The summed E-state index contributed by atoms with van der Waals surface area (Å²) in [7, 11) is 1.00. The average Bonchev–Trinajstić information content (AvgIpc) is 3.21. The summed E-state index contributed by atoms with van der Waals surface area (Å²) in [6.07, 6.45) is 4.53. The van der Waals surface area contributed by atoms with Crippen molar-refractivity contribution >= 4 is 11.8 Å². The minimum Gasteiger partial charge on any atom is -0.435 e. The van der Waals surface area contributed by atoms with E-state index in [0.29, 0.717) is 40.3 Å². The van der Waals surface area contributed by atoms with Crippen LogP contribution in [0.5, 0.6) is 11.6 Å². The van der Waals surface area contributed by atoms with Crippen LogP contribution in [0.3, 0.4) is 0 Å². The third kappa shape index (κ3) is 4.84. The molecule has 0 bridgehead atoms. The number of nitrogens with one attached hydrogen (secondary N) is 1. The Hall–Kier alpha value is -3.42. The molecule has 31 heavy (non-hydrogen) atoms. The van der Waals surface area contributed by atoms with Gasteiger partial charge < -0.3 is 15.6 Å². The van der Waals surface area contributed by atoms with Crippen LogP contribution in [-0.4, -0.2) is 63.2 Å². The minimum atomic E-state index is -0.595. The molecule has 4 aromatic rings. The van der Waals surface area contributed by atoms with E-state index in [-0.39, 0.29) is 11.3 Å². The number of aliphatic hydroxyl groups excluding tert-OH is 1. The van der Waals surface area contributed by atoms with Crippen molar-refractivity contribution in [3.63, 3.8) is 0 Å². The lowest BCUT2D eigenvalue weighted by Crippen LogP contribution is -2.13. The lowest BCUT2D eigenvalue weighted by Gasteiger charge is -2.06. The molecule has 1 saturated heterocycles. The smallest absolute Gasteiger partial charge is 0.255 e. The number of H-pyrrole nitrogens is 1. The fourth-order valence-electron chi connectivity index (χ4n) is 2.64. The van der Waals surface area contributed by atoms with Crippen molar-refractivity contribution in [2.24, 2.45) is 5.73 Å². The molecule has 0 spiro atoms. The van der Waals surface area contributed by atoms with Gasteiger partial charge in [0.25, 0.3) is 5.88 Å². The van der Waals surface area contributed by atoms with Crippen molar-refractivity contribution < 1.29 is 14.2 Å². The number of aliphatic hydroxyl groups is 1. The summed E-state index contributed by atoms with van der Waals surface area (Å²) in [5.74, 6) is -0.0155. The molecule has 0 aliphatic carbocycles. The fraction of sp³-hybridized carbons (Fsp3) is 0.222. The van der Waals surface area contributed by atoms with E-state index >= 15 is 0 Å². The first kappa shape index (κ1) is 20.8. The Kier molecular flexibility index (Phi) is 6.16. The summed E-state index contributed by atoms with van der Waals surface area (Å²) in [5, 5.41) is 26.4. The molecule has 4 N–H and O–H groups in total. The maximum Gasteiger partial charge on any atom is 0.255 e. The van der Waals surface area contributed by atoms with Gasteiger partial charge in [0.2, 0.25) is 5.82 Å². The Morgan fingerprint density at radius 3 is 2.74 bits per heavy atom. The first-order chi connectivity index (χ1) is 15.2. The third-order valence-electron chi connectivity index (χ3n) is 4.22. The Morgan fingerprint density at radius 2 is 2.10 bits per heavy atom. The molecule has 5 rings (SSSR count). The Bertz CT molecular complexity index is 1140. The van der Waals surface area contributed by atoms with Crippen LogP contribution >= 0.6 is 11.8 Å². The van der Waals surface area contributed by atoms with Crippen LogP contribution in [0.15, 0.2) is 42.9 Å². The lowest BCUT2D eigenvalue weighted by molar-refractivity contribution is 0.399. The van der Waals surface area contributed by atoms with E-state index in [4.69, 9.17) is 15.6 Å². The molecule has 13 heteroatoms. The predicted molar refractivity (Wildman–Crippen MR) is 110 cm³/mol. The number of hydrogen-bond acceptors (Lipinski definition) is 10. The number of nitrogens with two attached hydrogens (primary N) is 1. The molecule has 2 unspecified atom stereocenters. The van der Waals surface area contributed by atoms with Gasteiger partial charge in [0.1, 0.15) is 11.4 Å². The van der Waals surface area contributed by atoms with Gasteiger partial charge in [0.15, 0.2) is 5.82 Å². The van der Waals surface area contributed by atoms with E-state index in [1.807, 2.05) is 0 Å². The molecular formula is C18H18FN9O2S. The maximum absolute atomic E-state index is 14.3. The highest BCUT2D eigenvalue weighted by Gasteiger charge is 2.35. The van der Waals surface area contributed by atoms with E-state index in [0.717, 1.165) is 7.11 Å². The second-order valence-electron chi connectivity index (χ2n) is 6.27. The second-order valence-corrected chi connectivity index (χ2v) is 7.69. The molecule has 0 radical (unpaired) electrons. The average molecular weight is 443 g/mol. The number of tetrazole rings is 1. The molecule has 0 amide bonds. The van der Waals surface area contributed by atoms with Gasteiger partial charge >= 0.3 is 0 Å². The topological polar surface area (TPSA) is 154 Å². The number of hydrogen-bond donors (Lipinski definition) is 3. The first-order valence-electron chi connectivity index (χ1n) is 9.09. The summed E-state index contributed by atoms with van der Waals surface area (Å²) in [4.78, 5) is 9.80. The van der Waals surface area contributed by atoms with Gasteiger partial charge in [0, 0.05) is 25.1 Å². The summed E-state index contributed by atoms with van der Waals surface area (Å²) in [6, 6.07) is 6.36. The van der Waals surface area contributed by atoms with E-state index in [9.17, 15) is 4.39 Å². The van der Waals surface area contributed by atoms with Crippen LogP contribution in [0.1, 0.15) is 0 Å². The van der Waals surface area contributed by atoms with Gasteiger partial charge in [-0.05, 0) is 29.5 Å². The minimum absolute atomic E-state index is 0.140. The van der Waals surface area contributed by atoms with Crippen molar-refractivity contribution in [1.82, 2.24) is 40.4 Å². The van der Waals surface area contributed by atoms with Gasteiger partial charge in [-0.2, -0.15) is 9.90 Å². The normalized spacial score (nSPS) is 17.0. The monoisotopic (exact) mass is 443 g/mol. The number of nitrogens with zero attached hydrogens (tertiary/aromatic N) is 7. The number of aromatic nitrogens is 8. The molecule has 0 aromatic carbocycles. The number of thioether (sulfide) groups is 1. The molecule has 5 heterocycles. The van der Waals surface area contributed by atoms with Crippen molar-refractivity contribution in [2.45, 2.75) is 17.2 Å². The van der Waals surface area contributed by atoms with Crippen molar-refractivity contribution in [3.8, 4) is 34.4 Å². The first-order valence-corrected chi connectivity index (χ1v) is 10.0. The summed E-state index contributed by atoms with van der Waals surface area (Å²) in [5.41, 5.74) is 7.53. The fourth-order valence-corrected chi connectivity index (χ4v) is 3.25. The molecule has 0 saturated carbocycles. The summed E-state index contributed by atoms with van der Waals surface area (Å²) >= 11 is 1.67. The SMILES string of the molecule is CO.NC1SC1Cn1nnc(-c2ccc(Oc3ncc(-c4ccn[nH]4)cc3F)cn2)n1. The predicted octanol–water partition coefficient (Wildman–Crippen LogP) is 1.46. The summed E-state index contributed by atoms with van der Waals surface area (Å²) in [6.45, 7) is 0.611. The zero-order valence-corrected chi connectivity index (χ0v) is 17.1. The van der Waals surface area contributed by atoms with Gasteiger partial charge in [-0.3, -0.25) is 5.10 Å². The van der Waals surface area contributed by atoms with E-state index in [2.05, 4.69) is 35.6 Å². The second kappa shape index (κ2) is 9.16. The highest BCUT2D eigenvalue weighted by molar-refractivity contribution is 8.07. The zero-order valence-electron chi connectivity index (χ0n) is 16.3. The van der Waals surface area contributed by atoms with Crippen LogP contribution in [0.25, 0.3) is 22.8 Å². The van der Waals surface area contributed by atoms with Crippen LogP contribution < -0.4 is 10.5 Å². The quantitative estimate of drug-likeness (QED) is 0.373. The molecule has 160 valence electrons. The van der Waals surface area contributed by atoms with Crippen molar-refractivity contribution in [3.05, 3.63) is 48.7 Å². The van der Waals surface area contributed by atoms with E-state index in [1.165, 1.54) is 23.3 Å². The van der Waals surface area contributed by atoms with Crippen LogP contribution in [0.2, 0.25) is 0 Å². The van der Waals surface area contributed by atoms with Crippen LogP contribution in [0, 0.1) is 5.82 Å². The molecule has 2 atom stereocenters. The third-order valence-corrected chi connectivity index (χ3v) is 5.34. The Morgan fingerprint density at radius 1 is 1.26 bits per heavy atom. The summed E-state index contributed by atoms with van der Waals surface area (Å²) < 4.78 is 19.8. The molecule has 1 fully saturated rings. The van der Waals surface area contributed by atoms with Gasteiger partial charge in [-0.25, -0.2) is 14.4 Å². The zero-order chi connectivity index (χ0) is 21.8. The van der Waals surface area contributed by atoms with E-state index in [1.54, 1.807) is 36.2 Å². The molecule has 4 aromatic heterocycles.